The van der Waals surface area contributed by atoms with Gasteiger partial charge in [0.2, 0.25) is 5.88 Å². The van der Waals surface area contributed by atoms with Gasteiger partial charge in [-0.2, -0.15) is 0 Å². The number of rotatable bonds is 7. The lowest BCUT2D eigenvalue weighted by molar-refractivity contribution is 0.305. The summed E-state index contributed by atoms with van der Waals surface area (Å²) in [6, 6.07) is 1.87. The van der Waals surface area contributed by atoms with Crippen LogP contribution in [-0.4, -0.2) is 23.1 Å². The van der Waals surface area contributed by atoms with Crippen molar-refractivity contribution in [1.82, 2.24) is 9.97 Å². The zero-order valence-electron chi connectivity index (χ0n) is 10.6. The molecule has 0 aromatic carbocycles. The molecule has 0 bridgehead atoms. The van der Waals surface area contributed by atoms with Crippen molar-refractivity contribution in [1.29, 1.82) is 0 Å². The maximum absolute atomic E-state index is 5.47. The fourth-order valence-corrected chi connectivity index (χ4v) is 1.82. The van der Waals surface area contributed by atoms with Gasteiger partial charge in [0, 0.05) is 12.6 Å². The summed E-state index contributed by atoms with van der Waals surface area (Å²) in [5, 5.41) is 3.35. The molecule has 1 aliphatic carbocycles. The highest BCUT2D eigenvalue weighted by Crippen LogP contribution is 2.36. The summed E-state index contributed by atoms with van der Waals surface area (Å²) in [5.41, 5.74) is 0. The van der Waals surface area contributed by atoms with Crippen LogP contribution in [0.25, 0.3) is 0 Å². The van der Waals surface area contributed by atoms with Crippen molar-refractivity contribution in [2.24, 2.45) is 11.8 Å². The minimum absolute atomic E-state index is 0.656. The highest BCUT2D eigenvalue weighted by Gasteiger charge is 2.27. The number of aromatic nitrogens is 2. The second-order valence-corrected chi connectivity index (χ2v) is 4.79. The average Bonchev–Trinajstić information content (AvgIpc) is 3.18. The Kier molecular flexibility index (Phi) is 4.18. The molecule has 1 unspecified atom stereocenters. The fraction of sp³-hybridized carbons (Fsp3) is 0.692. The summed E-state index contributed by atoms with van der Waals surface area (Å²) in [4.78, 5) is 8.28. The van der Waals surface area contributed by atoms with Crippen LogP contribution in [0.5, 0.6) is 5.88 Å². The van der Waals surface area contributed by atoms with Crippen molar-refractivity contribution in [3.8, 4) is 5.88 Å². The van der Waals surface area contributed by atoms with Gasteiger partial charge in [0.1, 0.15) is 12.1 Å². The smallest absolute Gasteiger partial charge is 0.218 e. The van der Waals surface area contributed by atoms with E-state index in [4.69, 9.17) is 4.74 Å². The third-order valence-electron chi connectivity index (χ3n) is 3.13. The molecule has 1 saturated carbocycles. The fourth-order valence-electron chi connectivity index (χ4n) is 1.82. The van der Waals surface area contributed by atoms with Gasteiger partial charge in [0.25, 0.3) is 0 Å². The Balaban J connectivity index is 1.82. The third-order valence-corrected chi connectivity index (χ3v) is 3.13. The molecule has 4 nitrogen and oxygen atoms in total. The van der Waals surface area contributed by atoms with E-state index >= 15 is 0 Å². The van der Waals surface area contributed by atoms with Gasteiger partial charge in [-0.15, -0.1) is 0 Å². The number of nitrogens with one attached hydrogen (secondary N) is 1. The summed E-state index contributed by atoms with van der Waals surface area (Å²) < 4.78 is 5.47. The maximum atomic E-state index is 5.47. The predicted octanol–water partition coefficient (Wildman–Crippen LogP) is 2.72. The quantitative estimate of drug-likeness (QED) is 0.789. The van der Waals surface area contributed by atoms with Crippen LogP contribution in [0.4, 0.5) is 5.82 Å². The van der Waals surface area contributed by atoms with Crippen LogP contribution < -0.4 is 10.1 Å². The number of hydrogen-bond acceptors (Lipinski definition) is 4. The van der Waals surface area contributed by atoms with Crippen molar-refractivity contribution in [2.45, 2.75) is 33.1 Å². The molecule has 94 valence electrons. The monoisotopic (exact) mass is 235 g/mol. The Labute approximate surface area is 103 Å². The van der Waals surface area contributed by atoms with Crippen molar-refractivity contribution in [2.75, 3.05) is 18.5 Å². The number of ether oxygens (including phenoxy) is 1. The summed E-state index contributed by atoms with van der Waals surface area (Å²) in [6.07, 6.45) is 5.32. The van der Waals surface area contributed by atoms with E-state index in [1.165, 1.54) is 12.8 Å². The third kappa shape index (κ3) is 3.88. The lowest BCUT2D eigenvalue weighted by atomic mass is 10.1. The van der Waals surface area contributed by atoms with E-state index in [0.29, 0.717) is 12.5 Å². The van der Waals surface area contributed by atoms with Crippen LogP contribution in [0.1, 0.15) is 33.1 Å². The molecular formula is C13H21N3O. The molecule has 1 aromatic rings. The molecule has 1 fully saturated rings. The van der Waals surface area contributed by atoms with E-state index in [2.05, 4.69) is 29.1 Å². The first-order valence-electron chi connectivity index (χ1n) is 6.48. The van der Waals surface area contributed by atoms with Crippen molar-refractivity contribution in [3.63, 3.8) is 0 Å². The minimum Gasteiger partial charge on any atom is -0.478 e. The summed E-state index contributed by atoms with van der Waals surface area (Å²) in [5.74, 6) is 3.16. The normalized spacial score (nSPS) is 16.6. The van der Waals surface area contributed by atoms with Gasteiger partial charge in [-0.1, -0.05) is 13.8 Å². The van der Waals surface area contributed by atoms with Crippen molar-refractivity contribution >= 4 is 5.82 Å². The van der Waals surface area contributed by atoms with E-state index in [1.807, 2.05) is 6.07 Å². The second-order valence-electron chi connectivity index (χ2n) is 4.79. The molecule has 1 aliphatic rings. The zero-order valence-corrected chi connectivity index (χ0v) is 10.6. The summed E-state index contributed by atoms with van der Waals surface area (Å²) in [7, 11) is 0. The van der Waals surface area contributed by atoms with Gasteiger partial charge in [0.05, 0.1) is 6.61 Å². The second kappa shape index (κ2) is 5.84. The largest absolute Gasteiger partial charge is 0.478 e. The van der Waals surface area contributed by atoms with Gasteiger partial charge < -0.3 is 10.1 Å². The van der Waals surface area contributed by atoms with E-state index < -0.39 is 0 Å². The summed E-state index contributed by atoms with van der Waals surface area (Å²) >= 11 is 0. The van der Waals surface area contributed by atoms with E-state index in [1.54, 1.807) is 6.33 Å². The summed E-state index contributed by atoms with van der Waals surface area (Å²) in [6.45, 7) is 6.06. The van der Waals surface area contributed by atoms with Gasteiger partial charge >= 0.3 is 0 Å². The highest BCUT2D eigenvalue weighted by atomic mass is 16.5. The Morgan fingerprint density at radius 2 is 2.29 bits per heavy atom. The van der Waals surface area contributed by atoms with Crippen LogP contribution in [0, 0.1) is 11.8 Å². The molecule has 0 spiro atoms. The van der Waals surface area contributed by atoms with Crippen molar-refractivity contribution < 1.29 is 4.74 Å². The molecule has 0 saturated heterocycles. The van der Waals surface area contributed by atoms with Crippen LogP contribution in [0.3, 0.4) is 0 Å². The zero-order chi connectivity index (χ0) is 12.1. The Bertz CT molecular complexity index is 352. The molecule has 4 heteroatoms. The molecule has 0 amide bonds. The number of nitrogens with zero attached hydrogens (tertiary/aromatic N) is 2. The van der Waals surface area contributed by atoms with Crippen LogP contribution in [-0.2, 0) is 0 Å². The van der Waals surface area contributed by atoms with Gasteiger partial charge in [-0.3, -0.25) is 0 Å². The molecule has 0 radical (unpaired) electrons. The predicted molar refractivity (Wildman–Crippen MR) is 68.2 cm³/mol. The molecule has 2 rings (SSSR count). The molecule has 0 aliphatic heterocycles. The average molecular weight is 235 g/mol. The molecular weight excluding hydrogens is 214 g/mol. The van der Waals surface area contributed by atoms with E-state index in [-0.39, 0.29) is 0 Å². The van der Waals surface area contributed by atoms with Crippen LogP contribution in [0.15, 0.2) is 12.4 Å². The number of hydrogen-bond donors (Lipinski definition) is 1. The van der Waals surface area contributed by atoms with E-state index in [0.717, 1.165) is 30.6 Å². The number of anilines is 1. The SMILES string of the molecule is CCCOc1cc(NCC(C)C2CC2)ncn1. The lowest BCUT2D eigenvalue weighted by Crippen LogP contribution is -2.13. The van der Waals surface area contributed by atoms with Crippen LogP contribution >= 0.6 is 0 Å². The Morgan fingerprint density at radius 3 is 3.00 bits per heavy atom. The maximum Gasteiger partial charge on any atom is 0.218 e. The topological polar surface area (TPSA) is 47.0 Å². The van der Waals surface area contributed by atoms with E-state index in [9.17, 15) is 0 Å². The molecule has 1 N–H and O–H groups in total. The van der Waals surface area contributed by atoms with Crippen molar-refractivity contribution in [3.05, 3.63) is 12.4 Å². The first-order valence-corrected chi connectivity index (χ1v) is 6.48. The molecule has 1 atom stereocenters. The molecule has 1 aromatic heterocycles. The van der Waals surface area contributed by atoms with Gasteiger partial charge in [-0.25, -0.2) is 9.97 Å². The first kappa shape index (κ1) is 12.1. The van der Waals surface area contributed by atoms with Gasteiger partial charge in [-0.05, 0) is 31.1 Å². The standard InChI is InChI=1S/C13H21N3O/c1-3-6-17-13-7-12(15-9-16-13)14-8-10(2)11-4-5-11/h7,9-11H,3-6,8H2,1-2H3,(H,14,15,16). The minimum atomic E-state index is 0.656. The van der Waals surface area contributed by atoms with Crippen LogP contribution in [0.2, 0.25) is 0 Å². The Hall–Kier alpha value is -1.32. The Morgan fingerprint density at radius 1 is 1.47 bits per heavy atom. The lowest BCUT2D eigenvalue weighted by Gasteiger charge is -2.12. The molecule has 17 heavy (non-hydrogen) atoms. The molecule has 1 heterocycles. The highest BCUT2D eigenvalue weighted by molar-refractivity contribution is 5.37. The first-order chi connectivity index (χ1) is 8.29. The van der Waals surface area contributed by atoms with Gasteiger partial charge in [0.15, 0.2) is 0 Å².